The molecule has 0 aliphatic carbocycles. The molecule has 0 aromatic heterocycles. The summed E-state index contributed by atoms with van der Waals surface area (Å²) in [6, 6.07) is -1.06. The highest BCUT2D eigenvalue weighted by molar-refractivity contribution is 5.84. The van der Waals surface area contributed by atoms with Gasteiger partial charge >= 0.3 is 5.97 Å². The number of carboxylic acid groups (broad SMARTS) is 1. The first kappa shape index (κ1) is 9.98. The summed E-state index contributed by atoms with van der Waals surface area (Å²) < 4.78 is 0. The number of rotatable bonds is 3. The lowest BCUT2D eigenvalue weighted by molar-refractivity contribution is -0.142. The molecule has 3 N–H and O–H groups in total. The third kappa shape index (κ3) is 2.69. The topological polar surface area (TPSA) is 83.6 Å². The zero-order chi connectivity index (χ0) is 9.84. The largest absolute Gasteiger partial charge is 0.480 e. The van der Waals surface area contributed by atoms with Crippen molar-refractivity contribution in [2.75, 3.05) is 13.1 Å². The van der Waals surface area contributed by atoms with Crippen molar-refractivity contribution in [1.29, 1.82) is 0 Å². The minimum absolute atomic E-state index is 0.0880. The van der Waals surface area contributed by atoms with E-state index in [-0.39, 0.29) is 12.3 Å². The molecule has 1 aliphatic rings. The third-order valence-corrected chi connectivity index (χ3v) is 2.17. The maximum Gasteiger partial charge on any atom is 0.321 e. The van der Waals surface area contributed by atoms with Crippen LogP contribution in [0.3, 0.4) is 0 Å². The molecule has 1 saturated heterocycles. The van der Waals surface area contributed by atoms with Gasteiger partial charge in [-0.05, 0) is 12.8 Å². The van der Waals surface area contributed by atoms with Crippen LogP contribution in [0, 0.1) is 0 Å². The summed E-state index contributed by atoms with van der Waals surface area (Å²) >= 11 is 0. The van der Waals surface area contributed by atoms with E-state index in [0.717, 1.165) is 25.9 Å². The van der Waals surface area contributed by atoms with Gasteiger partial charge in [-0.1, -0.05) is 0 Å². The lowest BCUT2D eigenvalue weighted by atomic mass is 10.2. The number of hydrogen-bond acceptors (Lipinski definition) is 3. The summed E-state index contributed by atoms with van der Waals surface area (Å²) in [6.45, 7) is 1.48. The maximum atomic E-state index is 11.3. The van der Waals surface area contributed by atoms with Gasteiger partial charge in [0, 0.05) is 13.1 Å². The molecule has 0 bridgehead atoms. The van der Waals surface area contributed by atoms with Crippen molar-refractivity contribution in [2.45, 2.75) is 25.3 Å². The molecule has 1 unspecified atom stereocenters. The third-order valence-electron chi connectivity index (χ3n) is 2.17. The Morgan fingerprint density at radius 1 is 1.38 bits per heavy atom. The number of carbonyl (C=O) groups excluding carboxylic acids is 1. The molecule has 5 nitrogen and oxygen atoms in total. The number of amides is 1. The van der Waals surface area contributed by atoms with Gasteiger partial charge in [0.25, 0.3) is 0 Å². The molecule has 1 heterocycles. The summed E-state index contributed by atoms with van der Waals surface area (Å²) in [4.78, 5) is 23.4. The molecular formula is C8H14N2O3. The Morgan fingerprint density at radius 3 is 2.38 bits per heavy atom. The number of nitrogens with two attached hydrogens (primary N) is 1. The van der Waals surface area contributed by atoms with E-state index >= 15 is 0 Å². The van der Waals surface area contributed by atoms with Gasteiger partial charge in [-0.25, -0.2) is 0 Å². The molecule has 0 aromatic rings. The minimum Gasteiger partial charge on any atom is -0.480 e. The smallest absolute Gasteiger partial charge is 0.321 e. The summed E-state index contributed by atoms with van der Waals surface area (Å²) in [5.41, 5.74) is 5.24. The highest BCUT2D eigenvalue weighted by atomic mass is 16.4. The summed E-state index contributed by atoms with van der Waals surface area (Å²) in [5, 5.41) is 8.48. The normalized spacial score (nSPS) is 18.7. The standard InChI is InChI=1S/C8H14N2O3/c9-6(8(12)13)5-7(11)10-3-1-2-4-10/h6H,1-5,9H2,(H,12,13). The quantitative estimate of drug-likeness (QED) is 0.617. The molecule has 0 radical (unpaired) electrons. The molecule has 1 rings (SSSR count). The van der Waals surface area contributed by atoms with E-state index in [0.29, 0.717) is 0 Å². The Hall–Kier alpha value is -1.10. The fourth-order valence-electron chi connectivity index (χ4n) is 1.37. The van der Waals surface area contributed by atoms with E-state index in [1.165, 1.54) is 0 Å². The van der Waals surface area contributed by atoms with Crippen molar-refractivity contribution < 1.29 is 14.7 Å². The molecule has 5 heteroatoms. The number of nitrogens with zero attached hydrogens (tertiary/aromatic N) is 1. The first-order chi connectivity index (χ1) is 6.11. The molecule has 0 spiro atoms. The van der Waals surface area contributed by atoms with Crippen molar-refractivity contribution in [2.24, 2.45) is 5.73 Å². The van der Waals surface area contributed by atoms with E-state index in [9.17, 15) is 9.59 Å². The van der Waals surface area contributed by atoms with E-state index in [4.69, 9.17) is 10.8 Å². The molecular weight excluding hydrogens is 172 g/mol. The predicted molar refractivity (Wildman–Crippen MR) is 46.0 cm³/mol. The van der Waals surface area contributed by atoms with Gasteiger partial charge in [-0.15, -0.1) is 0 Å². The Labute approximate surface area is 76.5 Å². The van der Waals surface area contributed by atoms with Crippen LogP contribution < -0.4 is 5.73 Å². The van der Waals surface area contributed by atoms with Crippen LogP contribution in [0.1, 0.15) is 19.3 Å². The fraction of sp³-hybridized carbons (Fsp3) is 0.750. The lowest BCUT2D eigenvalue weighted by Gasteiger charge is -2.16. The van der Waals surface area contributed by atoms with Gasteiger partial charge in [0.1, 0.15) is 6.04 Å². The molecule has 74 valence electrons. The van der Waals surface area contributed by atoms with Gasteiger partial charge < -0.3 is 15.7 Å². The van der Waals surface area contributed by atoms with E-state index in [2.05, 4.69) is 0 Å². The average Bonchev–Trinajstić information content (AvgIpc) is 2.55. The summed E-state index contributed by atoms with van der Waals surface area (Å²) in [7, 11) is 0. The van der Waals surface area contributed by atoms with Crippen LogP contribution in [0.4, 0.5) is 0 Å². The van der Waals surface area contributed by atoms with Crippen molar-refractivity contribution in [3.63, 3.8) is 0 Å². The van der Waals surface area contributed by atoms with Crippen LogP contribution in [-0.2, 0) is 9.59 Å². The van der Waals surface area contributed by atoms with Gasteiger partial charge in [0.2, 0.25) is 5.91 Å². The first-order valence-corrected chi connectivity index (χ1v) is 4.37. The van der Waals surface area contributed by atoms with E-state index in [1.807, 2.05) is 0 Å². The molecule has 1 fully saturated rings. The minimum atomic E-state index is -1.12. The molecule has 0 saturated carbocycles. The number of aliphatic carboxylic acids is 1. The Bertz CT molecular complexity index is 211. The van der Waals surface area contributed by atoms with Crippen LogP contribution in [0.2, 0.25) is 0 Å². The molecule has 1 aliphatic heterocycles. The Kier molecular flexibility index (Phi) is 3.25. The second-order valence-corrected chi connectivity index (χ2v) is 3.24. The highest BCUT2D eigenvalue weighted by Gasteiger charge is 2.22. The predicted octanol–water partition coefficient (Wildman–Crippen LogP) is -0.589. The average molecular weight is 186 g/mol. The molecule has 0 aromatic carbocycles. The number of carbonyl (C=O) groups is 2. The summed E-state index contributed by atoms with van der Waals surface area (Å²) in [5.74, 6) is -1.26. The van der Waals surface area contributed by atoms with Crippen molar-refractivity contribution in [1.82, 2.24) is 4.90 Å². The number of carboxylic acids is 1. The maximum absolute atomic E-state index is 11.3. The molecule has 1 atom stereocenters. The van der Waals surface area contributed by atoms with Crippen molar-refractivity contribution >= 4 is 11.9 Å². The van der Waals surface area contributed by atoms with Crippen LogP contribution in [0.5, 0.6) is 0 Å². The van der Waals surface area contributed by atoms with Crippen LogP contribution in [-0.4, -0.2) is 41.0 Å². The Morgan fingerprint density at radius 2 is 1.92 bits per heavy atom. The SMILES string of the molecule is NC(CC(=O)N1CCCC1)C(=O)O. The highest BCUT2D eigenvalue weighted by Crippen LogP contribution is 2.09. The fourth-order valence-corrected chi connectivity index (χ4v) is 1.37. The van der Waals surface area contributed by atoms with E-state index < -0.39 is 12.0 Å². The zero-order valence-electron chi connectivity index (χ0n) is 7.40. The first-order valence-electron chi connectivity index (χ1n) is 4.37. The zero-order valence-corrected chi connectivity index (χ0v) is 7.40. The Balaban J connectivity index is 2.35. The van der Waals surface area contributed by atoms with Gasteiger partial charge in [0.05, 0.1) is 6.42 Å². The lowest BCUT2D eigenvalue weighted by Crippen LogP contribution is -2.38. The molecule has 13 heavy (non-hydrogen) atoms. The van der Waals surface area contributed by atoms with Crippen LogP contribution in [0.15, 0.2) is 0 Å². The van der Waals surface area contributed by atoms with Crippen molar-refractivity contribution in [3.8, 4) is 0 Å². The monoisotopic (exact) mass is 186 g/mol. The van der Waals surface area contributed by atoms with Gasteiger partial charge in [0.15, 0.2) is 0 Å². The number of hydrogen-bond donors (Lipinski definition) is 2. The van der Waals surface area contributed by atoms with Crippen molar-refractivity contribution in [3.05, 3.63) is 0 Å². The van der Waals surface area contributed by atoms with Crippen LogP contribution in [0.25, 0.3) is 0 Å². The second kappa shape index (κ2) is 4.23. The number of likely N-dealkylation sites (tertiary alicyclic amines) is 1. The van der Waals surface area contributed by atoms with Gasteiger partial charge in [-0.3, -0.25) is 9.59 Å². The van der Waals surface area contributed by atoms with Crippen LogP contribution >= 0.6 is 0 Å². The molecule has 1 amide bonds. The second-order valence-electron chi connectivity index (χ2n) is 3.24. The summed E-state index contributed by atoms with van der Waals surface area (Å²) in [6.07, 6.45) is 1.93. The van der Waals surface area contributed by atoms with Gasteiger partial charge in [-0.2, -0.15) is 0 Å². The van der Waals surface area contributed by atoms with E-state index in [1.54, 1.807) is 4.90 Å².